The summed E-state index contributed by atoms with van der Waals surface area (Å²) in [6.45, 7) is 1.98. The maximum absolute atomic E-state index is 13.4. The highest BCUT2D eigenvalue weighted by Crippen LogP contribution is 2.29. The van der Waals surface area contributed by atoms with Crippen LogP contribution in [0.25, 0.3) is 10.4 Å². The molecule has 0 bridgehead atoms. The molecule has 0 aliphatic carbocycles. The summed E-state index contributed by atoms with van der Waals surface area (Å²) < 4.78 is 13.4. The molecule has 2 aromatic rings. The number of hydrogen-bond donors (Lipinski definition) is 0. The zero-order chi connectivity index (χ0) is 9.97. The lowest BCUT2D eigenvalue weighted by molar-refractivity contribution is 0.613. The summed E-state index contributed by atoms with van der Waals surface area (Å²) in [5.74, 6) is -0.0987. The van der Waals surface area contributed by atoms with E-state index in [4.69, 9.17) is 0 Å². The summed E-state index contributed by atoms with van der Waals surface area (Å²) in [5.41, 5.74) is 1.84. The van der Waals surface area contributed by atoms with Crippen LogP contribution in [0.1, 0.15) is 12.5 Å². The lowest BCUT2D eigenvalue weighted by Gasteiger charge is -2.06. The average molecular weight is 206 g/mol. The van der Waals surface area contributed by atoms with E-state index in [9.17, 15) is 4.39 Å². The van der Waals surface area contributed by atoms with E-state index in [2.05, 4.69) is 0 Å². The average Bonchev–Trinajstić information content (AvgIpc) is 2.70. The molecule has 0 N–H and O–H groups in total. The lowest BCUT2D eigenvalue weighted by atomic mass is 10.0. The van der Waals surface area contributed by atoms with Crippen LogP contribution in [0.15, 0.2) is 35.7 Å². The highest BCUT2D eigenvalue weighted by molar-refractivity contribution is 7.13. The van der Waals surface area contributed by atoms with Crippen molar-refractivity contribution >= 4 is 11.3 Å². The first-order chi connectivity index (χ1) is 6.83. The smallest absolute Gasteiger partial charge is 0.127 e. The van der Waals surface area contributed by atoms with Crippen LogP contribution in [0.4, 0.5) is 4.39 Å². The van der Waals surface area contributed by atoms with Gasteiger partial charge in [0.1, 0.15) is 5.82 Å². The van der Waals surface area contributed by atoms with Crippen LogP contribution in [-0.4, -0.2) is 0 Å². The number of hydrogen-bond acceptors (Lipinski definition) is 1. The Morgan fingerprint density at radius 1 is 1.21 bits per heavy atom. The minimum absolute atomic E-state index is 0.0987. The normalized spacial score (nSPS) is 10.4. The maximum Gasteiger partial charge on any atom is 0.127 e. The molecule has 0 atom stereocenters. The molecule has 0 saturated carbocycles. The van der Waals surface area contributed by atoms with Crippen molar-refractivity contribution in [2.45, 2.75) is 13.3 Å². The largest absolute Gasteiger partial charge is 0.207 e. The van der Waals surface area contributed by atoms with Crippen LogP contribution >= 0.6 is 11.3 Å². The van der Waals surface area contributed by atoms with Crippen LogP contribution in [-0.2, 0) is 6.42 Å². The third kappa shape index (κ3) is 1.58. The Balaban J connectivity index is 2.58. The standard InChI is InChI=1S/C12H11FS/c1-2-9-10(5-3-6-11(9)13)12-7-4-8-14-12/h3-8H,2H2,1H3. The van der Waals surface area contributed by atoms with Crippen LogP contribution in [0.2, 0.25) is 0 Å². The Bertz CT molecular complexity index is 418. The second-order valence-electron chi connectivity index (χ2n) is 3.10. The van der Waals surface area contributed by atoms with Crippen molar-refractivity contribution in [1.29, 1.82) is 0 Å². The molecule has 14 heavy (non-hydrogen) atoms. The quantitative estimate of drug-likeness (QED) is 0.693. The molecule has 1 aromatic heterocycles. The van der Waals surface area contributed by atoms with Gasteiger partial charge in [-0.05, 0) is 35.1 Å². The van der Waals surface area contributed by atoms with Crippen molar-refractivity contribution in [3.63, 3.8) is 0 Å². The topological polar surface area (TPSA) is 0 Å². The first-order valence-electron chi connectivity index (χ1n) is 4.64. The number of halogens is 1. The van der Waals surface area contributed by atoms with Crippen molar-refractivity contribution < 1.29 is 4.39 Å². The monoisotopic (exact) mass is 206 g/mol. The van der Waals surface area contributed by atoms with Crippen molar-refractivity contribution in [2.75, 3.05) is 0 Å². The molecule has 0 saturated heterocycles. The molecule has 0 spiro atoms. The van der Waals surface area contributed by atoms with Gasteiger partial charge in [-0.2, -0.15) is 0 Å². The van der Waals surface area contributed by atoms with Gasteiger partial charge >= 0.3 is 0 Å². The van der Waals surface area contributed by atoms with Crippen LogP contribution in [0.3, 0.4) is 0 Å². The minimum Gasteiger partial charge on any atom is -0.207 e. The fourth-order valence-corrected chi connectivity index (χ4v) is 2.36. The third-order valence-corrected chi connectivity index (χ3v) is 3.16. The third-order valence-electron chi connectivity index (χ3n) is 2.26. The molecule has 1 heterocycles. The molecule has 0 fully saturated rings. The number of rotatable bonds is 2. The van der Waals surface area contributed by atoms with Gasteiger partial charge in [0.15, 0.2) is 0 Å². The number of thiophene rings is 1. The maximum atomic E-state index is 13.4. The molecule has 72 valence electrons. The fourth-order valence-electron chi connectivity index (χ4n) is 1.58. The molecule has 0 unspecified atom stereocenters. The first-order valence-corrected chi connectivity index (χ1v) is 5.52. The molecule has 2 rings (SSSR count). The minimum atomic E-state index is -0.0987. The zero-order valence-corrected chi connectivity index (χ0v) is 8.77. The summed E-state index contributed by atoms with van der Waals surface area (Å²) in [6, 6.07) is 9.29. The van der Waals surface area contributed by atoms with Gasteiger partial charge in [-0.25, -0.2) is 4.39 Å². The summed E-state index contributed by atoms with van der Waals surface area (Å²) in [5, 5.41) is 2.01. The Labute approximate surface area is 87.0 Å². The highest BCUT2D eigenvalue weighted by Gasteiger charge is 2.08. The zero-order valence-electron chi connectivity index (χ0n) is 7.96. The molecule has 0 radical (unpaired) electrons. The lowest BCUT2D eigenvalue weighted by Crippen LogP contribution is -1.90. The molecule has 0 aliphatic rings. The van der Waals surface area contributed by atoms with Crippen molar-refractivity contribution in [3.8, 4) is 10.4 Å². The predicted octanol–water partition coefficient (Wildman–Crippen LogP) is 4.12. The summed E-state index contributed by atoms with van der Waals surface area (Å²) in [6.07, 6.45) is 0.736. The van der Waals surface area contributed by atoms with Gasteiger partial charge in [-0.15, -0.1) is 11.3 Å². The molecular weight excluding hydrogens is 195 g/mol. The van der Waals surface area contributed by atoms with Crippen molar-refractivity contribution in [1.82, 2.24) is 0 Å². The van der Waals surface area contributed by atoms with Crippen molar-refractivity contribution in [2.24, 2.45) is 0 Å². The van der Waals surface area contributed by atoms with Gasteiger partial charge in [0.25, 0.3) is 0 Å². The molecule has 0 amide bonds. The van der Waals surface area contributed by atoms with E-state index in [1.165, 1.54) is 6.07 Å². The molecule has 0 nitrogen and oxygen atoms in total. The van der Waals surface area contributed by atoms with E-state index in [-0.39, 0.29) is 5.82 Å². The molecule has 1 aromatic carbocycles. The Morgan fingerprint density at radius 3 is 2.71 bits per heavy atom. The van der Waals surface area contributed by atoms with Gasteiger partial charge < -0.3 is 0 Å². The molecule has 2 heteroatoms. The van der Waals surface area contributed by atoms with Gasteiger partial charge in [-0.3, -0.25) is 0 Å². The van der Waals surface area contributed by atoms with E-state index >= 15 is 0 Å². The fraction of sp³-hybridized carbons (Fsp3) is 0.167. The van der Waals surface area contributed by atoms with Crippen molar-refractivity contribution in [3.05, 3.63) is 47.1 Å². The van der Waals surface area contributed by atoms with E-state index in [0.29, 0.717) is 0 Å². The summed E-state index contributed by atoms with van der Waals surface area (Å²) >= 11 is 1.65. The van der Waals surface area contributed by atoms with Gasteiger partial charge in [0.05, 0.1) is 0 Å². The SMILES string of the molecule is CCc1c(F)cccc1-c1cccs1. The van der Waals surface area contributed by atoms with Gasteiger partial charge in [0.2, 0.25) is 0 Å². The molecular formula is C12H11FS. The second kappa shape index (κ2) is 3.93. The van der Waals surface area contributed by atoms with Crippen LogP contribution in [0, 0.1) is 5.82 Å². The van der Waals surface area contributed by atoms with Crippen LogP contribution in [0.5, 0.6) is 0 Å². The Morgan fingerprint density at radius 2 is 2.07 bits per heavy atom. The molecule has 0 aliphatic heterocycles. The van der Waals surface area contributed by atoms with E-state index in [1.807, 2.05) is 30.5 Å². The van der Waals surface area contributed by atoms with E-state index in [0.717, 1.165) is 22.4 Å². The summed E-state index contributed by atoms with van der Waals surface area (Å²) in [4.78, 5) is 1.14. The second-order valence-corrected chi connectivity index (χ2v) is 4.04. The predicted molar refractivity (Wildman–Crippen MR) is 59.1 cm³/mol. The highest BCUT2D eigenvalue weighted by atomic mass is 32.1. The summed E-state index contributed by atoms with van der Waals surface area (Å²) in [7, 11) is 0. The van der Waals surface area contributed by atoms with Crippen LogP contribution < -0.4 is 0 Å². The Kier molecular flexibility index (Phi) is 2.64. The first kappa shape index (κ1) is 9.41. The van der Waals surface area contributed by atoms with Gasteiger partial charge in [0, 0.05) is 4.88 Å². The van der Waals surface area contributed by atoms with E-state index in [1.54, 1.807) is 17.4 Å². The number of benzene rings is 1. The Hall–Kier alpha value is -1.15. The van der Waals surface area contributed by atoms with E-state index < -0.39 is 0 Å². The van der Waals surface area contributed by atoms with Gasteiger partial charge in [-0.1, -0.05) is 25.1 Å².